The molecule has 0 spiro atoms. The maximum Gasteiger partial charge on any atom is 0.241 e. The fraction of sp³-hybridized carbons (Fsp3) is 0.391. The molecule has 7 heteroatoms. The molecule has 2 N–H and O–H groups in total. The van der Waals surface area contributed by atoms with Gasteiger partial charge in [-0.1, -0.05) is 41.5 Å². The maximum absolute atomic E-state index is 11.9. The van der Waals surface area contributed by atoms with Gasteiger partial charge in [0.25, 0.3) is 0 Å². The van der Waals surface area contributed by atoms with E-state index in [0.717, 1.165) is 24.3 Å². The Kier molecular flexibility index (Phi) is 11.2. The Bertz CT molecular complexity index is 815. The molecule has 2 aromatic carbocycles. The number of rotatable bonds is 8. The van der Waals surface area contributed by atoms with E-state index in [1.807, 2.05) is 24.3 Å². The van der Waals surface area contributed by atoms with E-state index in [4.69, 9.17) is 4.74 Å². The lowest BCUT2D eigenvalue weighted by atomic mass is 10.1. The smallest absolute Gasteiger partial charge is 0.241 e. The van der Waals surface area contributed by atoms with E-state index in [-0.39, 0.29) is 36.4 Å². The first-order valence-electron chi connectivity index (χ1n) is 9.80. The molecule has 2 rings (SSSR count). The summed E-state index contributed by atoms with van der Waals surface area (Å²) in [5.41, 5.74) is 4.89. The molecule has 1 amide bonds. The summed E-state index contributed by atoms with van der Waals surface area (Å²) >= 11 is 0. The van der Waals surface area contributed by atoms with Crippen LogP contribution >= 0.6 is 24.0 Å². The van der Waals surface area contributed by atoms with Crippen molar-refractivity contribution in [1.82, 2.24) is 15.5 Å². The normalized spacial score (nSPS) is 10.8. The minimum atomic E-state index is -0.00161. The molecule has 164 valence electrons. The van der Waals surface area contributed by atoms with Gasteiger partial charge in [0.2, 0.25) is 5.91 Å². The van der Waals surface area contributed by atoms with Crippen molar-refractivity contribution in [3.63, 3.8) is 0 Å². The van der Waals surface area contributed by atoms with Crippen molar-refractivity contribution in [3.05, 3.63) is 64.7 Å². The van der Waals surface area contributed by atoms with E-state index < -0.39 is 0 Å². The van der Waals surface area contributed by atoms with Gasteiger partial charge in [0.05, 0.1) is 20.2 Å². The summed E-state index contributed by atoms with van der Waals surface area (Å²) in [7, 11) is 5.13. The SMILES string of the molecule is COc1ccc(CN=C(NCCc2cc(C)cc(C)c2)NCC(=O)N(C)C)cc1.I. The fourth-order valence-electron chi connectivity index (χ4n) is 2.93. The number of halogens is 1. The number of hydrogen-bond acceptors (Lipinski definition) is 3. The molecule has 30 heavy (non-hydrogen) atoms. The number of likely N-dealkylation sites (N-methyl/N-ethyl adjacent to an activating group) is 1. The van der Waals surface area contributed by atoms with Gasteiger partial charge >= 0.3 is 0 Å². The van der Waals surface area contributed by atoms with Gasteiger partial charge in [-0.05, 0) is 43.5 Å². The molecule has 2 aromatic rings. The second-order valence-electron chi connectivity index (χ2n) is 7.33. The molecule has 0 bridgehead atoms. The van der Waals surface area contributed by atoms with Crippen molar-refractivity contribution in [2.75, 3.05) is 34.3 Å². The first-order chi connectivity index (χ1) is 13.9. The predicted octanol–water partition coefficient (Wildman–Crippen LogP) is 3.30. The van der Waals surface area contributed by atoms with E-state index in [2.05, 4.69) is 47.7 Å². The average molecular weight is 524 g/mol. The van der Waals surface area contributed by atoms with Crippen molar-refractivity contribution in [2.24, 2.45) is 4.99 Å². The van der Waals surface area contributed by atoms with Gasteiger partial charge < -0.3 is 20.3 Å². The van der Waals surface area contributed by atoms with Crippen LogP contribution in [0.15, 0.2) is 47.5 Å². The van der Waals surface area contributed by atoms with E-state index in [1.54, 1.807) is 26.1 Å². The Morgan fingerprint density at radius 1 is 1.00 bits per heavy atom. The lowest BCUT2D eigenvalue weighted by Crippen LogP contribution is -2.43. The molecule has 6 nitrogen and oxygen atoms in total. The van der Waals surface area contributed by atoms with Crippen LogP contribution in [0.25, 0.3) is 0 Å². The van der Waals surface area contributed by atoms with Gasteiger partial charge in [0, 0.05) is 20.6 Å². The van der Waals surface area contributed by atoms with Crippen LogP contribution in [0.2, 0.25) is 0 Å². The summed E-state index contributed by atoms with van der Waals surface area (Å²) in [5.74, 6) is 1.44. The monoisotopic (exact) mass is 524 g/mol. The van der Waals surface area contributed by atoms with Crippen LogP contribution in [0, 0.1) is 13.8 Å². The number of carbonyl (C=O) groups excluding carboxylic acids is 1. The van der Waals surface area contributed by atoms with Crippen LogP contribution in [0.4, 0.5) is 0 Å². The Morgan fingerprint density at radius 2 is 1.63 bits per heavy atom. The molecule has 0 saturated heterocycles. The number of methoxy groups -OCH3 is 1. The Balaban J connectivity index is 0.00000450. The summed E-state index contributed by atoms with van der Waals surface area (Å²) in [6.07, 6.45) is 0.882. The first-order valence-corrected chi connectivity index (χ1v) is 9.80. The molecule has 0 unspecified atom stereocenters. The zero-order chi connectivity index (χ0) is 21.2. The molecule has 0 atom stereocenters. The van der Waals surface area contributed by atoms with Crippen molar-refractivity contribution in [1.29, 1.82) is 0 Å². The summed E-state index contributed by atoms with van der Waals surface area (Å²) in [6, 6.07) is 14.4. The second kappa shape index (κ2) is 13.1. The Morgan fingerprint density at radius 3 is 2.20 bits per heavy atom. The number of nitrogens with one attached hydrogen (secondary N) is 2. The highest BCUT2D eigenvalue weighted by Crippen LogP contribution is 2.12. The molecular formula is C23H33IN4O2. The Labute approximate surface area is 197 Å². The minimum absolute atomic E-state index is 0. The number of benzene rings is 2. The number of aryl methyl sites for hydroxylation is 2. The maximum atomic E-state index is 11.9. The standard InChI is InChI=1S/C23H32N4O2.HI/c1-17-12-18(2)14-20(13-17)10-11-24-23(26-16-22(28)27(3)4)25-15-19-6-8-21(29-5)9-7-19;/h6-9,12-14H,10-11,15-16H2,1-5H3,(H2,24,25,26);1H. The van der Waals surface area contributed by atoms with Gasteiger partial charge in [0.1, 0.15) is 5.75 Å². The second-order valence-corrected chi connectivity index (χ2v) is 7.33. The van der Waals surface area contributed by atoms with E-state index in [0.29, 0.717) is 12.5 Å². The third-order valence-electron chi connectivity index (χ3n) is 4.47. The number of ether oxygens (including phenoxy) is 1. The van der Waals surface area contributed by atoms with Gasteiger partial charge in [-0.2, -0.15) is 0 Å². The number of guanidine groups is 1. The molecular weight excluding hydrogens is 491 g/mol. The first kappa shape index (κ1) is 25.7. The van der Waals surface area contributed by atoms with Crippen LogP contribution in [-0.4, -0.2) is 51.1 Å². The van der Waals surface area contributed by atoms with Crippen molar-refractivity contribution in [2.45, 2.75) is 26.8 Å². The average Bonchev–Trinajstić information content (AvgIpc) is 2.68. The zero-order valence-electron chi connectivity index (χ0n) is 18.5. The number of hydrogen-bond donors (Lipinski definition) is 2. The summed E-state index contributed by atoms with van der Waals surface area (Å²) < 4.78 is 5.19. The molecule has 0 aliphatic rings. The fourth-order valence-corrected chi connectivity index (χ4v) is 2.93. The number of carbonyl (C=O) groups is 1. The number of aliphatic imine (C=N–C) groups is 1. The van der Waals surface area contributed by atoms with Gasteiger partial charge in [0.15, 0.2) is 5.96 Å². The van der Waals surface area contributed by atoms with Crippen LogP contribution in [0.1, 0.15) is 22.3 Å². The highest BCUT2D eigenvalue weighted by molar-refractivity contribution is 14.0. The van der Waals surface area contributed by atoms with Crippen LogP contribution < -0.4 is 15.4 Å². The predicted molar refractivity (Wildman–Crippen MR) is 134 cm³/mol. The number of nitrogens with zero attached hydrogens (tertiary/aromatic N) is 2. The summed E-state index contributed by atoms with van der Waals surface area (Å²) in [6.45, 7) is 5.66. The number of amides is 1. The molecule has 0 aliphatic carbocycles. The van der Waals surface area contributed by atoms with Crippen molar-refractivity contribution >= 4 is 35.8 Å². The molecule has 0 aliphatic heterocycles. The third-order valence-corrected chi connectivity index (χ3v) is 4.47. The topological polar surface area (TPSA) is 66.0 Å². The molecule has 0 heterocycles. The lowest BCUT2D eigenvalue weighted by Gasteiger charge is -2.15. The van der Waals surface area contributed by atoms with Crippen LogP contribution in [-0.2, 0) is 17.8 Å². The van der Waals surface area contributed by atoms with Gasteiger partial charge in [-0.25, -0.2) is 4.99 Å². The summed E-state index contributed by atoms with van der Waals surface area (Å²) in [5, 5.41) is 6.46. The van der Waals surface area contributed by atoms with Crippen molar-refractivity contribution < 1.29 is 9.53 Å². The molecule has 0 aromatic heterocycles. The highest BCUT2D eigenvalue weighted by atomic mass is 127. The lowest BCUT2D eigenvalue weighted by molar-refractivity contribution is -0.127. The summed E-state index contributed by atoms with van der Waals surface area (Å²) in [4.78, 5) is 18.1. The van der Waals surface area contributed by atoms with Gasteiger partial charge in [-0.3, -0.25) is 4.79 Å². The van der Waals surface area contributed by atoms with Gasteiger partial charge in [-0.15, -0.1) is 24.0 Å². The highest BCUT2D eigenvalue weighted by Gasteiger charge is 2.06. The van der Waals surface area contributed by atoms with Crippen LogP contribution in [0.5, 0.6) is 5.75 Å². The molecule has 0 radical (unpaired) electrons. The van der Waals surface area contributed by atoms with Crippen molar-refractivity contribution in [3.8, 4) is 5.75 Å². The van der Waals surface area contributed by atoms with E-state index >= 15 is 0 Å². The van der Waals surface area contributed by atoms with E-state index in [9.17, 15) is 4.79 Å². The largest absolute Gasteiger partial charge is 0.497 e. The molecule has 0 saturated carbocycles. The quantitative estimate of drug-likeness (QED) is 0.316. The zero-order valence-corrected chi connectivity index (χ0v) is 20.8. The minimum Gasteiger partial charge on any atom is -0.497 e. The molecule has 0 fully saturated rings. The third kappa shape index (κ3) is 9.02. The Hall–Kier alpha value is -2.29. The van der Waals surface area contributed by atoms with Crippen LogP contribution in [0.3, 0.4) is 0 Å². The van der Waals surface area contributed by atoms with E-state index in [1.165, 1.54) is 16.7 Å².